The summed E-state index contributed by atoms with van der Waals surface area (Å²) in [4.78, 5) is 32.7. The van der Waals surface area contributed by atoms with Crippen LogP contribution >= 0.6 is 0 Å². The number of rotatable bonds is 5. The van der Waals surface area contributed by atoms with Crippen molar-refractivity contribution in [3.8, 4) is 5.69 Å². The summed E-state index contributed by atoms with van der Waals surface area (Å²) in [6, 6.07) is 14.1. The number of hydrogen-bond donors (Lipinski definition) is 1. The molecule has 4 aromatic rings. The topological polar surface area (TPSA) is 115 Å². The van der Waals surface area contributed by atoms with Gasteiger partial charge in [-0.3, -0.25) is 9.36 Å². The summed E-state index contributed by atoms with van der Waals surface area (Å²) >= 11 is 0. The van der Waals surface area contributed by atoms with Gasteiger partial charge < -0.3 is 15.0 Å². The molecule has 0 bridgehead atoms. The van der Waals surface area contributed by atoms with Crippen LogP contribution in [0, 0.1) is 0 Å². The number of aromatic nitrogens is 4. The van der Waals surface area contributed by atoms with E-state index >= 15 is 0 Å². The summed E-state index contributed by atoms with van der Waals surface area (Å²) in [6.07, 6.45) is 0. The number of amides is 1. The second kappa shape index (κ2) is 8.38. The van der Waals surface area contributed by atoms with Gasteiger partial charge in [0.05, 0.1) is 0 Å². The molecular weight excluding hydrogens is 424 g/mol. The molecule has 0 saturated heterocycles. The van der Waals surface area contributed by atoms with Crippen molar-refractivity contribution in [2.24, 2.45) is 0 Å². The van der Waals surface area contributed by atoms with Crippen molar-refractivity contribution in [1.82, 2.24) is 19.9 Å². The van der Waals surface area contributed by atoms with E-state index in [0.29, 0.717) is 28.2 Å². The lowest BCUT2D eigenvalue weighted by Gasteiger charge is -2.21. The summed E-state index contributed by atoms with van der Waals surface area (Å²) in [7, 11) is 3.61. The Labute approximate surface area is 190 Å². The molecule has 0 unspecified atom stereocenters. The van der Waals surface area contributed by atoms with E-state index in [1.807, 2.05) is 30.3 Å². The van der Waals surface area contributed by atoms with E-state index in [1.165, 1.54) is 0 Å². The molecule has 0 aliphatic heterocycles. The van der Waals surface area contributed by atoms with E-state index in [-0.39, 0.29) is 11.5 Å². The number of fused-ring (bicyclic) bond motifs is 1. The number of anilines is 2. The van der Waals surface area contributed by atoms with Crippen LogP contribution in [-0.2, 0) is 4.74 Å². The first-order chi connectivity index (χ1) is 15.6. The van der Waals surface area contributed by atoms with Crippen LogP contribution in [0.5, 0.6) is 0 Å². The van der Waals surface area contributed by atoms with Crippen LogP contribution in [0.15, 0.2) is 53.2 Å². The Hall–Kier alpha value is -4.21. The molecule has 0 aliphatic carbocycles. The molecule has 0 aliphatic rings. The third-order valence-corrected chi connectivity index (χ3v) is 4.61. The standard InChI is InChI=1S/C23H24N6O4/c1-23(2,3)32-21(31)18-19(24-20(30)14-11-12-16-17(13-14)27-33-26-16)25-22(28(4)5)29(18)15-9-7-6-8-10-15/h6-13H,1-5H3,(H,24,30). The molecule has 2 heterocycles. The minimum Gasteiger partial charge on any atom is -0.455 e. The van der Waals surface area contributed by atoms with Gasteiger partial charge in [0.1, 0.15) is 16.6 Å². The molecular formula is C23H24N6O4. The normalized spacial score (nSPS) is 11.4. The van der Waals surface area contributed by atoms with Gasteiger partial charge in [0.2, 0.25) is 5.95 Å². The molecule has 0 saturated carbocycles. The summed E-state index contributed by atoms with van der Waals surface area (Å²) < 4.78 is 12.0. The Kier molecular flexibility index (Phi) is 5.59. The summed E-state index contributed by atoms with van der Waals surface area (Å²) in [5, 5.41) is 10.3. The number of benzene rings is 2. The largest absolute Gasteiger partial charge is 0.455 e. The van der Waals surface area contributed by atoms with Crippen molar-refractivity contribution in [2.75, 3.05) is 24.3 Å². The molecule has 0 atom stereocenters. The fraction of sp³-hybridized carbons (Fsp3) is 0.261. The van der Waals surface area contributed by atoms with Gasteiger partial charge in [0, 0.05) is 25.3 Å². The Morgan fingerprint density at radius 3 is 2.39 bits per heavy atom. The van der Waals surface area contributed by atoms with Crippen molar-refractivity contribution in [3.05, 3.63) is 59.8 Å². The van der Waals surface area contributed by atoms with Gasteiger partial charge in [-0.2, -0.15) is 4.98 Å². The lowest BCUT2D eigenvalue weighted by Crippen LogP contribution is -2.27. The van der Waals surface area contributed by atoms with Crippen molar-refractivity contribution >= 4 is 34.7 Å². The van der Waals surface area contributed by atoms with Crippen molar-refractivity contribution in [1.29, 1.82) is 0 Å². The molecule has 0 radical (unpaired) electrons. The van der Waals surface area contributed by atoms with Gasteiger partial charge in [-0.05, 0) is 61.4 Å². The van der Waals surface area contributed by atoms with E-state index in [9.17, 15) is 9.59 Å². The number of ether oxygens (including phenoxy) is 1. The fourth-order valence-electron chi connectivity index (χ4n) is 3.24. The monoisotopic (exact) mass is 448 g/mol. The quantitative estimate of drug-likeness (QED) is 0.460. The van der Waals surface area contributed by atoms with E-state index in [0.717, 1.165) is 0 Å². The van der Waals surface area contributed by atoms with Crippen LogP contribution in [0.1, 0.15) is 41.6 Å². The van der Waals surface area contributed by atoms with E-state index in [2.05, 4.69) is 20.6 Å². The second-order valence-corrected chi connectivity index (χ2v) is 8.60. The highest BCUT2D eigenvalue weighted by molar-refractivity contribution is 6.08. The maximum atomic E-state index is 13.3. The number of hydrogen-bond acceptors (Lipinski definition) is 8. The molecule has 0 fully saturated rings. The first-order valence-electron chi connectivity index (χ1n) is 10.3. The van der Waals surface area contributed by atoms with Crippen molar-refractivity contribution < 1.29 is 19.0 Å². The number of imidazole rings is 1. The van der Waals surface area contributed by atoms with Gasteiger partial charge in [-0.1, -0.05) is 18.2 Å². The van der Waals surface area contributed by atoms with Crippen molar-refractivity contribution in [3.63, 3.8) is 0 Å². The van der Waals surface area contributed by atoms with E-state index in [4.69, 9.17) is 9.37 Å². The maximum absolute atomic E-state index is 13.3. The van der Waals surface area contributed by atoms with Crippen LogP contribution < -0.4 is 10.2 Å². The molecule has 1 amide bonds. The zero-order valence-corrected chi connectivity index (χ0v) is 19.0. The molecule has 4 rings (SSSR count). The van der Waals surface area contributed by atoms with Crippen LogP contribution in [0.4, 0.5) is 11.8 Å². The third-order valence-electron chi connectivity index (χ3n) is 4.61. The van der Waals surface area contributed by atoms with Crippen LogP contribution in [0.2, 0.25) is 0 Å². The third kappa shape index (κ3) is 4.54. The molecule has 33 heavy (non-hydrogen) atoms. The second-order valence-electron chi connectivity index (χ2n) is 8.60. The molecule has 2 aromatic heterocycles. The summed E-state index contributed by atoms with van der Waals surface area (Å²) in [5.41, 5.74) is 1.35. The molecule has 2 aromatic carbocycles. The lowest BCUT2D eigenvalue weighted by atomic mass is 10.2. The zero-order valence-electron chi connectivity index (χ0n) is 19.0. The minimum atomic E-state index is -0.743. The minimum absolute atomic E-state index is 0.0835. The highest BCUT2D eigenvalue weighted by Crippen LogP contribution is 2.29. The van der Waals surface area contributed by atoms with E-state index in [1.54, 1.807) is 62.5 Å². The predicted octanol–water partition coefficient (Wildman–Crippen LogP) is 3.68. The van der Waals surface area contributed by atoms with Crippen LogP contribution in [0.3, 0.4) is 0 Å². The Balaban J connectivity index is 1.82. The van der Waals surface area contributed by atoms with Crippen LogP contribution in [-0.4, -0.2) is 51.4 Å². The average Bonchev–Trinajstić information content (AvgIpc) is 3.37. The number of carbonyl (C=O) groups is 2. The number of nitrogens with one attached hydrogen (secondary N) is 1. The van der Waals surface area contributed by atoms with Gasteiger partial charge in [0.25, 0.3) is 5.91 Å². The van der Waals surface area contributed by atoms with Crippen molar-refractivity contribution in [2.45, 2.75) is 26.4 Å². The molecule has 1 N–H and O–H groups in total. The number of nitrogens with zero attached hydrogens (tertiary/aromatic N) is 5. The van der Waals surface area contributed by atoms with E-state index < -0.39 is 17.5 Å². The van der Waals surface area contributed by atoms with Gasteiger partial charge >= 0.3 is 5.97 Å². The van der Waals surface area contributed by atoms with Gasteiger partial charge in [-0.15, -0.1) is 0 Å². The first-order valence-corrected chi connectivity index (χ1v) is 10.3. The SMILES string of the molecule is CN(C)c1nc(NC(=O)c2ccc3nonc3c2)c(C(=O)OC(C)(C)C)n1-c1ccccc1. The lowest BCUT2D eigenvalue weighted by molar-refractivity contribution is 0.00619. The molecule has 0 spiro atoms. The number of carbonyl (C=O) groups excluding carboxylic acids is 2. The Morgan fingerprint density at radius 1 is 1.03 bits per heavy atom. The summed E-state index contributed by atoms with van der Waals surface area (Å²) in [5.74, 6) is -0.542. The van der Waals surface area contributed by atoms with Gasteiger partial charge in [0.15, 0.2) is 11.5 Å². The van der Waals surface area contributed by atoms with Gasteiger partial charge in [-0.25, -0.2) is 9.42 Å². The molecule has 10 nitrogen and oxygen atoms in total. The Morgan fingerprint density at radius 2 is 1.73 bits per heavy atom. The average molecular weight is 448 g/mol. The maximum Gasteiger partial charge on any atom is 0.359 e. The van der Waals surface area contributed by atoms with Crippen LogP contribution in [0.25, 0.3) is 16.7 Å². The predicted molar refractivity (Wildman–Crippen MR) is 123 cm³/mol. The zero-order chi connectivity index (χ0) is 23.8. The number of para-hydroxylation sites is 1. The smallest absolute Gasteiger partial charge is 0.359 e. The Bertz CT molecular complexity index is 1320. The summed E-state index contributed by atoms with van der Waals surface area (Å²) in [6.45, 7) is 5.33. The highest BCUT2D eigenvalue weighted by atomic mass is 16.6. The number of esters is 1. The molecule has 10 heteroatoms. The highest BCUT2D eigenvalue weighted by Gasteiger charge is 2.30. The first kappa shape index (κ1) is 22.0. The fourth-order valence-corrected chi connectivity index (χ4v) is 3.24. The molecule has 170 valence electrons.